The molecule has 10 heteroatoms. The molecule has 210 valence electrons. The number of imidazole rings is 1. The van der Waals surface area contributed by atoms with Gasteiger partial charge in [-0.15, -0.1) is 0 Å². The van der Waals surface area contributed by atoms with Crippen molar-refractivity contribution in [1.82, 2.24) is 9.13 Å². The Morgan fingerprint density at radius 2 is 1.56 bits per heavy atom. The molecule has 0 bridgehead atoms. The third-order valence-corrected chi connectivity index (χ3v) is 7.39. The van der Waals surface area contributed by atoms with Gasteiger partial charge in [0.2, 0.25) is 11.4 Å². The van der Waals surface area contributed by atoms with E-state index in [2.05, 4.69) is 16.7 Å². The molecule has 0 fully saturated rings. The molecule has 8 nitrogen and oxygen atoms in total. The molecule has 3 aromatic carbocycles. The Hall–Kier alpha value is -4.40. The van der Waals surface area contributed by atoms with Crippen LogP contribution in [0, 0.1) is 0 Å². The van der Waals surface area contributed by atoms with Crippen molar-refractivity contribution in [2.45, 2.75) is 6.54 Å². The van der Waals surface area contributed by atoms with E-state index in [4.69, 9.17) is 30.5 Å². The zero-order valence-corrected chi connectivity index (χ0v) is 24.4. The summed E-state index contributed by atoms with van der Waals surface area (Å²) in [6.07, 6.45) is 3.90. The fraction of sp³-hybridized carbons (Fsp3) is 0.161. The number of aromatic nitrogens is 3. The van der Waals surface area contributed by atoms with Gasteiger partial charge in [-0.25, -0.2) is 9.36 Å². The minimum absolute atomic E-state index is 0. The molecule has 0 saturated heterocycles. The Morgan fingerprint density at radius 3 is 2.20 bits per heavy atom. The van der Waals surface area contributed by atoms with Gasteiger partial charge in [0.05, 0.1) is 28.4 Å². The van der Waals surface area contributed by atoms with E-state index < -0.39 is 5.97 Å². The van der Waals surface area contributed by atoms with Crippen LogP contribution in [0.15, 0.2) is 79.3 Å². The summed E-state index contributed by atoms with van der Waals surface area (Å²) >= 11 is 6.14. The molecular weight excluding hydrogens is 565 g/mol. The molecule has 3 heterocycles. The molecule has 0 radical (unpaired) electrons. The van der Waals surface area contributed by atoms with Gasteiger partial charge in [-0.05, 0) is 48.0 Å². The number of hydrogen-bond acceptors (Lipinski definition) is 5. The molecule has 0 amide bonds. The largest absolute Gasteiger partial charge is 1.00 e. The molecule has 3 aromatic heterocycles. The maximum absolute atomic E-state index is 13.0. The minimum atomic E-state index is -0.424. The number of fused-ring (bicyclic) bond motifs is 5. The van der Waals surface area contributed by atoms with Gasteiger partial charge in [0, 0.05) is 33.9 Å². The molecule has 41 heavy (non-hydrogen) atoms. The normalized spacial score (nSPS) is 11.0. The van der Waals surface area contributed by atoms with E-state index in [9.17, 15) is 4.79 Å². The summed E-state index contributed by atoms with van der Waals surface area (Å²) < 4.78 is 28.0. The molecule has 0 atom stereocenters. The number of para-hydroxylation sites is 1. The van der Waals surface area contributed by atoms with Crippen molar-refractivity contribution in [3.8, 4) is 22.9 Å². The molecule has 6 aromatic rings. The molecule has 0 unspecified atom stereocenters. The van der Waals surface area contributed by atoms with Crippen molar-refractivity contribution in [1.29, 1.82) is 0 Å². The number of halogens is 2. The zero-order valence-electron chi connectivity index (χ0n) is 22.9. The number of pyridine rings is 1. The first-order valence-electron chi connectivity index (χ1n) is 12.6. The number of benzene rings is 3. The first kappa shape index (κ1) is 28.1. The van der Waals surface area contributed by atoms with E-state index in [-0.39, 0.29) is 12.4 Å². The third-order valence-electron chi connectivity index (χ3n) is 7.14. The standard InChI is InChI=1S/C31H27ClN3O5.ClH/c1-37-27-13-19(14-28(38-2)30(27)39-3)16-34-24-8-6-5-7-22(24)23-15-25(31(36)40-4)35-18-33(17-26(35)29(23)34)21-11-9-20(32)10-12-21;/h5-15,17-18H,16H2,1-4H3;1H/q+1;/p-1. The van der Waals surface area contributed by atoms with E-state index in [1.54, 1.807) is 21.3 Å². The molecule has 0 aliphatic heterocycles. The van der Waals surface area contributed by atoms with Crippen LogP contribution in [0.5, 0.6) is 17.2 Å². The molecule has 0 N–H and O–H groups in total. The Balaban J connectivity index is 0.00000337. The lowest BCUT2D eigenvalue weighted by Gasteiger charge is -2.15. The minimum Gasteiger partial charge on any atom is -1.00 e. The fourth-order valence-electron chi connectivity index (χ4n) is 5.33. The van der Waals surface area contributed by atoms with Gasteiger partial charge in [-0.2, -0.15) is 4.40 Å². The number of ether oxygens (including phenoxy) is 4. The maximum atomic E-state index is 13.0. The van der Waals surface area contributed by atoms with Crippen LogP contribution < -0.4 is 31.0 Å². The van der Waals surface area contributed by atoms with Crippen molar-refractivity contribution < 1.29 is 40.5 Å². The van der Waals surface area contributed by atoms with E-state index in [1.165, 1.54) is 7.11 Å². The summed E-state index contributed by atoms with van der Waals surface area (Å²) in [5, 5.41) is 2.62. The lowest BCUT2D eigenvalue weighted by molar-refractivity contribution is -0.514. The summed E-state index contributed by atoms with van der Waals surface area (Å²) in [7, 11) is 6.19. The average Bonchev–Trinajstić information content (AvgIpc) is 3.56. The molecule has 0 spiro atoms. The number of hydrogen-bond donors (Lipinski definition) is 0. The van der Waals surface area contributed by atoms with E-state index in [0.717, 1.165) is 38.6 Å². The lowest BCUT2D eigenvalue weighted by atomic mass is 10.1. The topological polar surface area (TPSA) is 68.0 Å². The van der Waals surface area contributed by atoms with Crippen molar-refractivity contribution >= 4 is 44.9 Å². The van der Waals surface area contributed by atoms with Gasteiger partial charge in [0.25, 0.3) is 6.33 Å². The highest BCUT2D eigenvalue weighted by Crippen LogP contribution is 2.39. The van der Waals surface area contributed by atoms with Crippen LogP contribution in [0.4, 0.5) is 0 Å². The molecular formula is C31H27Cl2N3O5. The number of methoxy groups -OCH3 is 4. The number of nitrogens with zero attached hydrogens (tertiary/aromatic N) is 3. The number of carbonyl (C=O) groups is 1. The second-order valence-corrected chi connectivity index (χ2v) is 9.74. The predicted octanol–water partition coefficient (Wildman–Crippen LogP) is 2.84. The number of esters is 1. The summed E-state index contributed by atoms with van der Waals surface area (Å²) in [6, 6.07) is 21.5. The highest BCUT2D eigenvalue weighted by Gasteiger charge is 2.26. The highest BCUT2D eigenvalue weighted by atomic mass is 35.5. The van der Waals surface area contributed by atoms with Crippen molar-refractivity contribution in [3.05, 3.63) is 95.5 Å². The third kappa shape index (κ3) is 4.69. The van der Waals surface area contributed by atoms with Gasteiger partial charge in [-0.1, -0.05) is 29.8 Å². The van der Waals surface area contributed by atoms with E-state index in [1.807, 2.05) is 76.1 Å². The highest BCUT2D eigenvalue weighted by molar-refractivity contribution is 6.30. The molecule has 0 aliphatic rings. The van der Waals surface area contributed by atoms with Crippen molar-refractivity contribution in [3.63, 3.8) is 0 Å². The van der Waals surface area contributed by atoms with Crippen LogP contribution in [-0.4, -0.2) is 43.5 Å². The maximum Gasteiger partial charge on any atom is 0.378 e. The Labute approximate surface area is 247 Å². The van der Waals surface area contributed by atoms with Crippen LogP contribution in [0.3, 0.4) is 0 Å². The van der Waals surface area contributed by atoms with Crippen LogP contribution in [0.2, 0.25) is 5.02 Å². The van der Waals surface area contributed by atoms with Crippen LogP contribution >= 0.6 is 11.6 Å². The second kappa shape index (κ2) is 11.2. The quantitative estimate of drug-likeness (QED) is 0.211. The van der Waals surface area contributed by atoms with Gasteiger partial charge < -0.3 is 35.9 Å². The molecule has 0 saturated carbocycles. The smallest absolute Gasteiger partial charge is 0.378 e. The molecule has 6 rings (SSSR count). The van der Waals surface area contributed by atoms with Gasteiger partial charge in [0.1, 0.15) is 17.4 Å². The first-order valence-corrected chi connectivity index (χ1v) is 13.0. The Bertz CT molecular complexity index is 1890. The Morgan fingerprint density at radius 1 is 0.878 bits per heavy atom. The van der Waals surface area contributed by atoms with Crippen LogP contribution in [0.1, 0.15) is 16.1 Å². The number of carbonyl (C=O) groups excluding carboxylic acids is 1. The number of rotatable bonds is 7. The first-order chi connectivity index (χ1) is 19.5. The fourth-order valence-corrected chi connectivity index (χ4v) is 5.46. The monoisotopic (exact) mass is 591 g/mol. The molecule has 0 aliphatic carbocycles. The van der Waals surface area contributed by atoms with E-state index >= 15 is 0 Å². The second-order valence-electron chi connectivity index (χ2n) is 9.30. The van der Waals surface area contributed by atoms with E-state index in [0.29, 0.717) is 34.5 Å². The predicted molar refractivity (Wildman–Crippen MR) is 153 cm³/mol. The average molecular weight is 592 g/mol. The van der Waals surface area contributed by atoms with Crippen molar-refractivity contribution in [2.24, 2.45) is 0 Å². The van der Waals surface area contributed by atoms with Gasteiger partial charge in [0.15, 0.2) is 17.0 Å². The summed E-state index contributed by atoms with van der Waals surface area (Å²) in [5.74, 6) is 1.28. The Kier molecular flexibility index (Phi) is 7.71. The lowest BCUT2D eigenvalue weighted by Crippen LogP contribution is -3.00. The van der Waals surface area contributed by atoms with Gasteiger partial charge in [-0.3, -0.25) is 0 Å². The van der Waals surface area contributed by atoms with Crippen LogP contribution in [0.25, 0.3) is 33.0 Å². The van der Waals surface area contributed by atoms with Crippen molar-refractivity contribution in [2.75, 3.05) is 28.4 Å². The summed E-state index contributed by atoms with van der Waals surface area (Å²) in [4.78, 5) is 13.0. The van der Waals surface area contributed by atoms with Gasteiger partial charge >= 0.3 is 5.97 Å². The zero-order chi connectivity index (χ0) is 28.0. The summed E-state index contributed by atoms with van der Waals surface area (Å²) in [6.45, 7) is 0.514. The summed E-state index contributed by atoms with van der Waals surface area (Å²) in [5.41, 5.74) is 5.13. The van der Waals surface area contributed by atoms with Crippen LogP contribution in [-0.2, 0) is 11.3 Å². The SMILES string of the molecule is COC(=O)c1cc2c3ccccc3n(Cc3cc(OC)c(OC)c(OC)c3)c2c2cn(-c3ccc(Cl)cc3)c[n+]12.[Cl-].